The zero-order chi connectivity index (χ0) is 13.4. The van der Waals surface area contributed by atoms with Crippen molar-refractivity contribution in [2.45, 2.75) is 50.6 Å². The molecule has 1 N–H and O–H groups in total. The van der Waals surface area contributed by atoms with E-state index < -0.39 is 0 Å². The summed E-state index contributed by atoms with van der Waals surface area (Å²) in [5.74, 6) is 2.18. The molecule has 1 aliphatic heterocycles. The van der Waals surface area contributed by atoms with E-state index in [0.717, 1.165) is 24.7 Å². The molecule has 4 nitrogen and oxygen atoms in total. The Morgan fingerprint density at radius 3 is 2.75 bits per heavy atom. The van der Waals surface area contributed by atoms with Crippen molar-refractivity contribution in [1.29, 1.82) is 0 Å². The molecule has 2 aromatic rings. The van der Waals surface area contributed by atoms with Gasteiger partial charge in [-0.3, -0.25) is 0 Å². The third kappa shape index (κ3) is 2.14. The van der Waals surface area contributed by atoms with Crippen LogP contribution in [0.4, 0.5) is 0 Å². The predicted molar refractivity (Wildman–Crippen MR) is 75.2 cm³/mol. The van der Waals surface area contributed by atoms with Gasteiger partial charge < -0.3 is 9.84 Å². The highest BCUT2D eigenvalue weighted by molar-refractivity contribution is 5.30. The topological polar surface area (TPSA) is 51.0 Å². The molecule has 1 saturated carbocycles. The summed E-state index contributed by atoms with van der Waals surface area (Å²) in [5, 5.41) is 7.70. The number of hydrogen-bond acceptors (Lipinski definition) is 4. The first-order chi connectivity index (χ1) is 9.90. The van der Waals surface area contributed by atoms with Gasteiger partial charge in [0.25, 0.3) is 0 Å². The largest absolute Gasteiger partial charge is 0.338 e. The van der Waals surface area contributed by atoms with E-state index in [2.05, 4.69) is 39.7 Å². The van der Waals surface area contributed by atoms with E-state index in [9.17, 15) is 0 Å². The van der Waals surface area contributed by atoms with E-state index in [1.54, 1.807) is 0 Å². The predicted octanol–water partition coefficient (Wildman–Crippen LogP) is 3.11. The number of hydrogen-bond donors (Lipinski definition) is 1. The van der Waals surface area contributed by atoms with E-state index in [0.29, 0.717) is 5.92 Å². The van der Waals surface area contributed by atoms with Crippen LogP contribution in [0.2, 0.25) is 0 Å². The molecule has 2 aliphatic rings. The van der Waals surface area contributed by atoms with Crippen LogP contribution in [0.25, 0.3) is 0 Å². The van der Waals surface area contributed by atoms with E-state index in [1.165, 1.54) is 36.8 Å². The molecule has 4 heteroatoms. The van der Waals surface area contributed by atoms with Crippen molar-refractivity contribution >= 4 is 0 Å². The Hall–Kier alpha value is -1.68. The minimum Gasteiger partial charge on any atom is -0.338 e. The Bertz CT molecular complexity index is 601. The maximum absolute atomic E-state index is 5.51. The number of nitrogens with one attached hydrogen (secondary N) is 1. The lowest BCUT2D eigenvalue weighted by atomic mass is 9.96. The maximum atomic E-state index is 5.51. The molecule has 20 heavy (non-hydrogen) atoms. The first-order valence-corrected chi connectivity index (χ1v) is 7.54. The molecule has 1 aromatic carbocycles. The zero-order valence-electron chi connectivity index (χ0n) is 11.5. The third-order valence-corrected chi connectivity index (χ3v) is 4.56. The fraction of sp³-hybridized carbons (Fsp3) is 0.500. The Kier molecular flexibility index (Phi) is 3.03. The summed E-state index contributed by atoms with van der Waals surface area (Å²) in [6.07, 6.45) is 5.94. The van der Waals surface area contributed by atoms with Gasteiger partial charge in [0.05, 0.1) is 6.04 Å². The quantitative estimate of drug-likeness (QED) is 0.910. The van der Waals surface area contributed by atoms with Gasteiger partial charge in [0.15, 0.2) is 5.82 Å². The molecule has 0 bridgehead atoms. The van der Waals surface area contributed by atoms with Gasteiger partial charge in [-0.1, -0.05) is 42.3 Å². The SMILES string of the molecule is c1ccc2c(c1)CN[C@H](c1nc(C3CCCC3)no1)C2. The minimum absolute atomic E-state index is 0.160. The van der Waals surface area contributed by atoms with Crippen LogP contribution in [0, 0.1) is 0 Å². The average Bonchev–Trinajstić information content (AvgIpc) is 3.17. The minimum atomic E-state index is 0.160. The van der Waals surface area contributed by atoms with Gasteiger partial charge in [0.1, 0.15) is 0 Å². The molecular formula is C16H19N3O. The molecule has 1 aromatic heterocycles. The Morgan fingerprint density at radius 1 is 1.10 bits per heavy atom. The molecule has 1 aliphatic carbocycles. The second kappa shape index (κ2) is 5.02. The van der Waals surface area contributed by atoms with E-state index >= 15 is 0 Å². The number of nitrogens with zero attached hydrogens (tertiary/aromatic N) is 2. The van der Waals surface area contributed by atoms with Crippen LogP contribution in [-0.4, -0.2) is 10.1 Å². The Morgan fingerprint density at radius 2 is 1.90 bits per heavy atom. The van der Waals surface area contributed by atoms with Crippen LogP contribution in [-0.2, 0) is 13.0 Å². The normalized spacial score (nSPS) is 22.9. The summed E-state index contributed by atoms with van der Waals surface area (Å²) in [4.78, 5) is 4.65. The number of benzene rings is 1. The molecular weight excluding hydrogens is 250 g/mol. The fourth-order valence-corrected chi connectivity index (χ4v) is 3.37. The standard InChI is InChI=1S/C16H19N3O/c1-2-6-11(5-1)15-18-16(20-19-15)14-9-12-7-3-4-8-13(12)10-17-14/h3-4,7-8,11,14,17H,1-2,5-6,9-10H2/t14-/m0/s1. The monoisotopic (exact) mass is 269 g/mol. The van der Waals surface area contributed by atoms with Crippen LogP contribution in [0.3, 0.4) is 0 Å². The number of rotatable bonds is 2. The van der Waals surface area contributed by atoms with Crippen LogP contribution < -0.4 is 5.32 Å². The zero-order valence-corrected chi connectivity index (χ0v) is 11.5. The van der Waals surface area contributed by atoms with Crippen molar-refractivity contribution in [2.75, 3.05) is 0 Å². The Labute approximate surface area is 118 Å². The van der Waals surface area contributed by atoms with Crippen LogP contribution in [0.1, 0.15) is 60.5 Å². The average molecular weight is 269 g/mol. The summed E-state index contributed by atoms with van der Waals surface area (Å²) in [7, 11) is 0. The molecule has 0 saturated heterocycles. The molecule has 0 radical (unpaired) electrons. The lowest BCUT2D eigenvalue weighted by Crippen LogP contribution is -2.28. The number of aromatic nitrogens is 2. The maximum Gasteiger partial charge on any atom is 0.244 e. The van der Waals surface area contributed by atoms with E-state index in [-0.39, 0.29) is 6.04 Å². The first kappa shape index (κ1) is 12.1. The lowest BCUT2D eigenvalue weighted by Gasteiger charge is -2.23. The van der Waals surface area contributed by atoms with Crippen molar-refractivity contribution < 1.29 is 4.52 Å². The van der Waals surface area contributed by atoms with Gasteiger partial charge in [-0.25, -0.2) is 0 Å². The van der Waals surface area contributed by atoms with Crippen LogP contribution >= 0.6 is 0 Å². The van der Waals surface area contributed by atoms with Crippen molar-refractivity contribution in [3.63, 3.8) is 0 Å². The highest BCUT2D eigenvalue weighted by Crippen LogP contribution is 2.33. The molecule has 1 atom stereocenters. The summed E-state index contributed by atoms with van der Waals surface area (Å²) in [5.41, 5.74) is 2.76. The first-order valence-electron chi connectivity index (χ1n) is 7.54. The third-order valence-electron chi connectivity index (χ3n) is 4.56. The van der Waals surface area contributed by atoms with Crippen molar-refractivity contribution in [3.05, 3.63) is 47.1 Å². The second-order valence-corrected chi connectivity index (χ2v) is 5.88. The van der Waals surface area contributed by atoms with E-state index in [1.807, 2.05) is 0 Å². The van der Waals surface area contributed by atoms with Gasteiger partial charge in [0, 0.05) is 12.5 Å². The smallest absolute Gasteiger partial charge is 0.244 e. The van der Waals surface area contributed by atoms with Gasteiger partial charge in [-0.15, -0.1) is 0 Å². The summed E-state index contributed by atoms with van der Waals surface area (Å²) >= 11 is 0. The Balaban J connectivity index is 1.54. The molecule has 0 unspecified atom stereocenters. The summed E-state index contributed by atoms with van der Waals surface area (Å²) < 4.78 is 5.51. The molecule has 4 rings (SSSR count). The summed E-state index contributed by atoms with van der Waals surface area (Å²) in [6, 6.07) is 8.71. The highest BCUT2D eigenvalue weighted by Gasteiger charge is 2.27. The van der Waals surface area contributed by atoms with Crippen LogP contribution in [0.15, 0.2) is 28.8 Å². The van der Waals surface area contributed by atoms with Gasteiger partial charge in [0.2, 0.25) is 5.89 Å². The van der Waals surface area contributed by atoms with Gasteiger partial charge >= 0.3 is 0 Å². The molecule has 0 amide bonds. The molecule has 1 fully saturated rings. The van der Waals surface area contributed by atoms with Crippen molar-refractivity contribution in [2.24, 2.45) is 0 Å². The van der Waals surface area contributed by atoms with Gasteiger partial charge in [-0.2, -0.15) is 4.98 Å². The second-order valence-electron chi connectivity index (χ2n) is 5.88. The molecule has 0 spiro atoms. The highest BCUT2D eigenvalue weighted by atomic mass is 16.5. The van der Waals surface area contributed by atoms with Crippen molar-refractivity contribution in [1.82, 2.24) is 15.5 Å². The number of fused-ring (bicyclic) bond motifs is 1. The fourth-order valence-electron chi connectivity index (χ4n) is 3.37. The molecule has 2 heterocycles. The molecule has 104 valence electrons. The lowest BCUT2D eigenvalue weighted by molar-refractivity contribution is 0.317. The summed E-state index contributed by atoms with van der Waals surface area (Å²) in [6.45, 7) is 0.877. The van der Waals surface area contributed by atoms with Gasteiger partial charge in [-0.05, 0) is 30.4 Å². The van der Waals surface area contributed by atoms with E-state index in [4.69, 9.17) is 4.52 Å². The van der Waals surface area contributed by atoms with Crippen molar-refractivity contribution in [3.8, 4) is 0 Å². The van der Waals surface area contributed by atoms with Crippen LogP contribution in [0.5, 0.6) is 0 Å².